The third kappa shape index (κ3) is 2.85. The Morgan fingerprint density at radius 1 is 1.29 bits per heavy atom. The van der Waals surface area contributed by atoms with Gasteiger partial charge in [0.15, 0.2) is 0 Å². The molecule has 0 saturated carbocycles. The number of carbonyl (C=O) groups excluding carboxylic acids is 1. The van der Waals surface area contributed by atoms with Crippen molar-refractivity contribution in [1.82, 2.24) is 19.7 Å². The number of aromatic nitrogens is 3. The molecule has 1 aliphatic rings. The summed E-state index contributed by atoms with van der Waals surface area (Å²) in [7, 11) is 1.87. The molecule has 122 valence electrons. The summed E-state index contributed by atoms with van der Waals surface area (Å²) < 4.78 is 1.74. The fourth-order valence-corrected chi connectivity index (χ4v) is 3.91. The highest BCUT2D eigenvalue weighted by Crippen LogP contribution is 2.29. The maximum absolute atomic E-state index is 12.7. The highest BCUT2D eigenvalue weighted by molar-refractivity contribution is 7.13. The van der Waals surface area contributed by atoms with E-state index in [1.165, 1.54) is 16.9 Å². The van der Waals surface area contributed by atoms with Gasteiger partial charge in [-0.15, -0.1) is 11.3 Å². The van der Waals surface area contributed by atoms with Gasteiger partial charge in [0.25, 0.3) is 5.91 Å². The molecule has 6 heteroatoms. The largest absolute Gasteiger partial charge is 0.337 e. The van der Waals surface area contributed by atoms with Crippen molar-refractivity contribution in [3.63, 3.8) is 0 Å². The number of benzene rings is 1. The normalized spacial score (nSPS) is 17.4. The summed E-state index contributed by atoms with van der Waals surface area (Å²) in [5, 5.41) is 6.84. The number of carbonyl (C=O) groups is 1. The first-order valence-electron chi connectivity index (χ1n) is 7.99. The first kappa shape index (κ1) is 15.1. The number of aryl methyl sites for hydroxylation is 1. The SMILES string of the molecule is Cn1cc(-c2nc(C(=O)N3CC[C@H](c4ccccc4)C3)cs2)cn1. The third-order valence-corrected chi connectivity index (χ3v) is 5.31. The quantitative estimate of drug-likeness (QED) is 0.737. The van der Waals surface area contributed by atoms with Crippen LogP contribution in [0.4, 0.5) is 0 Å². The first-order chi connectivity index (χ1) is 11.7. The second-order valence-corrected chi connectivity index (χ2v) is 6.95. The van der Waals surface area contributed by atoms with Crippen LogP contribution in [0.25, 0.3) is 10.6 Å². The molecule has 1 saturated heterocycles. The molecule has 0 spiro atoms. The summed E-state index contributed by atoms with van der Waals surface area (Å²) in [5.41, 5.74) is 2.79. The van der Waals surface area contributed by atoms with Gasteiger partial charge in [0, 0.05) is 43.2 Å². The summed E-state index contributed by atoms with van der Waals surface area (Å²) in [4.78, 5) is 19.1. The van der Waals surface area contributed by atoms with E-state index >= 15 is 0 Å². The van der Waals surface area contributed by atoms with E-state index in [0.717, 1.165) is 30.1 Å². The van der Waals surface area contributed by atoms with E-state index < -0.39 is 0 Å². The Kier molecular flexibility index (Phi) is 3.90. The highest BCUT2D eigenvalue weighted by atomic mass is 32.1. The second-order valence-electron chi connectivity index (χ2n) is 6.09. The predicted octanol–water partition coefficient (Wildman–Crippen LogP) is 3.17. The Morgan fingerprint density at radius 3 is 2.88 bits per heavy atom. The summed E-state index contributed by atoms with van der Waals surface area (Å²) in [5.74, 6) is 0.450. The average Bonchev–Trinajstić information content (AvgIpc) is 3.35. The van der Waals surface area contributed by atoms with Crippen molar-refractivity contribution in [2.45, 2.75) is 12.3 Å². The van der Waals surface area contributed by atoms with Gasteiger partial charge in [-0.3, -0.25) is 9.48 Å². The predicted molar refractivity (Wildman–Crippen MR) is 94.0 cm³/mol. The number of rotatable bonds is 3. The zero-order valence-corrected chi connectivity index (χ0v) is 14.2. The lowest BCUT2D eigenvalue weighted by Crippen LogP contribution is -2.28. The lowest BCUT2D eigenvalue weighted by molar-refractivity contribution is 0.0786. The van der Waals surface area contributed by atoms with Gasteiger partial charge in [-0.05, 0) is 12.0 Å². The zero-order chi connectivity index (χ0) is 16.5. The van der Waals surface area contributed by atoms with Crippen molar-refractivity contribution >= 4 is 17.2 Å². The molecule has 4 rings (SSSR count). The lowest BCUT2D eigenvalue weighted by Gasteiger charge is -2.15. The minimum atomic E-state index is 0.0276. The number of likely N-dealkylation sites (tertiary alicyclic amines) is 1. The molecular weight excluding hydrogens is 320 g/mol. The van der Waals surface area contributed by atoms with E-state index in [-0.39, 0.29) is 5.91 Å². The van der Waals surface area contributed by atoms with Crippen LogP contribution in [0.5, 0.6) is 0 Å². The Bertz CT molecular complexity index is 855. The van der Waals surface area contributed by atoms with E-state index in [1.54, 1.807) is 10.9 Å². The van der Waals surface area contributed by atoms with Gasteiger partial charge in [-0.2, -0.15) is 5.10 Å². The Hall–Kier alpha value is -2.47. The standard InChI is InChI=1S/C18H18N4OS/c1-21-10-15(9-19-21)17-20-16(12-24-17)18(23)22-8-7-14(11-22)13-5-3-2-4-6-13/h2-6,9-10,12,14H,7-8,11H2,1H3/t14-/m0/s1. The molecule has 1 aliphatic heterocycles. The van der Waals surface area contributed by atoms with E-state index in [1.807, 2.05) is 29.6 Å². The van der Waals surface area contributed by atoms with Gasteiger partial charge in [0.05, 0.1) is 6.20 Å². The molecule has 0 radical (unpaired) electrons. The Labute approximate surface area is 144 Å². The van der Waals surface area contributed by atoms with Crippen LogP contribution >= 0.6 is 11.3 Å². The van der Waals surface area contributed by atoms with E-state index in [4.69, 9.17) is 0 Å². The van der Waals surface area contributed by atoms with Crippen molar-refractivity contribution < 1.29 is 4.79 Å². The zero-order valence-electron chi connectivity index (χ0n) is 13.4. The fraction of sp³-hybridized carbons (Fsp3) is 0.278. The van der Waals surface area contributed by atoms with Crippen LogP contribution in [0.3, 0.4) is 0 Å². The molecule has 3 aromatic rings. The first-order valence-corrected chi connectivity index (χ1v) is 8.87. The summed E-state index contributed by atoms with van der Waals surface area (Å²) >= 11 is 1.49. The van der Waals surface area contributed by atoms with Crippen molar-refractivity contribution in [2.24, 2.45) is 7.05 Å². The number of amides is 1. The number of hydrogen-bond acceptors (Lipinski definition) is 4. The van der Waals surface area contributed by atoms with Crippen LogP contribution in [0.1, 0.15) is 28.4 Å². The van der Waals surface area contributed by atoms with Gasteiger partial charge in [0.1, 0.15) is 10.7 Å². The van der Waals surface area contributed by atoms with Crippen molar-refractivity contribution in [3.05, 3.63) is 59.4 Å². The number of thiazole rings is 1. The minimum Gasteiger partial charge on any atom is -0.337 e. The van der Waals surface area contributed by atoms with Crippen LogP contribution in [0.15, 0.2) is 48.1 Å². The Morgan fingerprint density at radius 2 is 2.12 bits per heavy atom. The average molecular weight is 338 g/mol. The highest BCUT2D eigenvalue weighted by Gasteiger charge is 2.29. The summed E-state index contributed by atoms with van der Waals surface area (Å²) in [6.07, 6.45) is 4.69. The summed E-state index contributed by atoms with van der Waals surface area (Å²) in [6.45, 7) is 1.56. The van der Waals surface area contributed by atoms with E-state index in [9.17, 15) is 4.79 Å². The molecule has 1 amide bonds. The van der Waals surface area contributed by atoms with Gasteiger partial charge in [-0.25, -0.2) is 4.98 Å². The monoisotopic (exact) mass is 338 g/mol. The topological polar surface area (TPSA) is 51.0 Å². The lowest BCUT2D eigenvalue weighted by atomic mass is 9.99. The van der Waals surface area contributed by atoms with Crippen LogP contribution in [0, 0.1) is 0 Å². The molecule has 1 aromatic carbocycles. The van der Waals surface area contributed by atoms with Gasteiger partial charge >= 0.3 is 0 Å². The molecule has 0 bridgehead atoms. The Balaban J connectivity index is 1.48. The molecule has 1 atom stereocenters. The van der Waals surface area contributed by atoms with Crippen molar-refractivity contribution in [2.75, 3.05) is 13.1 Å². The van der Waals surface area contributed by atoms with E-state index in [2.05, 4.69) is 34.3 Å². The van der Waals surface area contributed by atoms with Gasteiger partial charge in [-0.1, -0.05) is 30.3 Å². The molecular formula is C18H18N4OS. The molecule has 3 heterocycles. The molecule has 0 unspecified atom stereocenters. The van der Waals surface area contributed by atoms with Crippen molar-refractivity contribution in [1.29, 1.82) is 0 Å². The molecule has 5 nitrogen and oxygen atoms in total. The maximum Gasteiger partial charge on any atom is 0.273 e. The second kappa shape index (κ2) is 6.20. The van der Waals surface area contributed by atoms with Gasteiger partial charge in [0.2, 0.25) is 0 Å². The minimum absolute atomic E-state index is 0.0276. The molecule has 2 aromatic heterocycles. The fourth-order valence-electron chi connectivity index (χ4n) is 3.14. The van der Waals surface area contributed by atoms with E-state index in [0.29, 0.717) is 11.6 Å². The van der Waals surface area contributed by atoms with Gasteiger partial charge < -0.3 is 4.90 Å². The van der Waals surface area contributed by atoms with Crippen LogP contribution in [-0.2, 0) is 7.05 Å². The molecule has 1 fully saturated rings. The van der Waals surface area contributed by atoms with Crippen LogP contribution < -0.4 is 0 Å². The molecule has 24 heavy (non-hydrogen) atoms. The number of hydrogen-bond donors (Lipinski definition) is 0. The molecule has 0 aliphatic carbocycles. The molecule has 0 N–H and O–H groups in total. The smallest absolute Gasteiger partial charge is 0.273 e. The van der Waals surface area contributed by atoms with Crippen LogP contribution in [-0.4, -0.2) is 38.7 Å². The number of nitrogens with zero attached hydrogens (tertiary/aromatic N) is 4. The maximum atomic E-state index is 12.7. The van der Waals surface area contributed by atoms with Crippen LogP contribution in [0.2, 0.25) is 0 Å². The third-order valence-electron chi connectivity index (χ3n) is 4.42. The summed E-state index contributed by atoms with van der Waals surface area (Å²) in [6, 6.07) is 10.4. The van der Waals surface area contributed by atoms with Crippen molar-refractivity contribution in [3.8, 4) is 10.6 Å².